The lowest BCUT2D eigenvalue weighted by atomic mass is 10.3. The minimum atomic E-state index is -3.88. The largest absolute Gasteiger partial charge is 0.264 e. The Bertz CT molecular complexity index is 709. The van der Waals surface area contributed by atoms with Crippen molar-refractivity contribution in [1.29, 1.82) is 0 Å². The standard InChI is InChI=1S/C10H6BrClFN3O2S/c11-7-3-6(13)1-2-8(7)19(17,18)16-10-5-14-9(12)4-15-10/h1-5H,(H,15,16). The van der Waals surface area contributed by atoms with Gasteiger partial charge in [0.25, 0.3) is 10.0 Å². The van der Waals surface area contributed by atoms with E-state index in [1.54, 1.807) is 0 Å². The van der Waals surface area contributed by atoms with Crippen LogP contribution in [0.2, 0.25) is 5.15 Å². The van der Waals surface area contributed by atoms with Crippen molar-refractivity contribution in [3.05, 3.63) is 46.0 Å². The van der Waals surface area contributed by atoms with Gasteiger partial charge in [0.1, 0.15) is 15.9 Å². The zero-order valence-corrected chi connectivity index (χ0v) is 12.3. The highest BCUT2D eigenvalue weighted by Gasteiger charge is 2.18. The van der Waals surface area contributed by atoms with E-state index in [1.807, 2.05) is 0 Å². The van der Waals surface area contributed by atoms with Crippen LogP contribution in [-0.4, -0.2) is 18.4 Å². The first-order chi connectivity index (χ1) is 8.88. The normalized spacial score (nSPS) is 11.3. The molecule has 0 fully saturated rings. The molecule has 0 atom stereocenters. The number of hydrogen-bond donors (Lipinski definition) is 1. The van der Waals surface area contributed by atoms with Crippen LogP contribution < -0.4 is 4.72 Å². The van der Waals surface area contributed by atoms with Crippen molar-refractivity contribution in [1.82, 2.24) is 9.97 Å². The number of halogens is 3. The third-order valence-corrected chi connectivity index (χ3v) is 4.57. The molecule has 0 saturated heterocycles. The number of aromatic nitrogens is 2. The number of benzene rings is 1. The summed E-state index contributed by atoms with van der Waals surface area (Å²) in [5.41, 5.74) is 0. The van der Waals surface area contributed by atoms with E-state index in [2.05, 4.69) is 30.6 Å². The number of rotatable bonds is 3. The number of nitrogens with one attached hydrogen (secondary N) is 1. The summed E-state index contributed by atoms with van der Waals surface area (Å²) in [6, 6.07) is 3.25. The van der Waals surface area contributed by atoms with Gasteiger partial charge >= 0.3 is 0 Å². The van der Waals surface area contributed by atoms with E-state index < -0.39 is 15.8 Å². The highest BCUT2D eigenvalue weighted by Crippen LogP contribution is 2.24. The fraction of sp³-hybridized carbons (Fsp3) is 0. The first-order valence-corrected chi connectivity index (χ1v) is 7.49. The summed E-state index contributed by atoms with van der Waals surface area (Å²) in [5, 5.41) is 0.144. The molecular weight excluding hydrogens is 361 g/mol. The van der Waals surface area contributed by atoms with Gasteiger partial charge in [-0.15, -0.1) is 0 Å². The third kappa shape index (κ3) is 3.40. The predicted molar refractivity (Wildman–Crippen MR) is 72.0 cm³/mol. The van der Waals surface area contributed by atoms with Crippen LogP contribution in [0.15, 0.2) is 40.0 Å². The monoisotopic (exact) mass is 365 g/mol. The summed E-state index contributed by atoms with van der Waals surface area (Å²) < 4.78 is 39.4. The molecule has 1 aromatic carbocycles. The van der Waals surface area contributed by atoms with E-state index in [0.717, 1.165) is 18.2 Å². The second kappa shape index (κ2) is 5.40. The van der Waals surface area contributed by atoms with Gasteiger partial charge < -0.3 is 0 Å². The second-order valence-electron chi connectivity index (χ2n) is 3.40. The predicted octanol–water partition coefficient (Wildman–Crippen LogP) is 2.83. The van der Waals surface area contributed by atoms with Gasteiger partial charge in [-0.25, -0.2) is 22.8 Å². The molecule has 0 saturated carbocycles. The van der Waals surface area contributed by atoms with Crippen molar-refractivity contribution in [2.75, 3.05) is 4.72 Å². The fourth-order valence-corrected chi connectivity index (χ4v) is 3.39. The van der Waals surface area contributed by atoms with Crippen LogP contribution in [0.4, 0.5) is 10.2 Å². The topological polar surface area (TPSA) is 72.0 Å². The van der Waals surface area contributed by atoms with Gasteiger partial charge in [-0.1, -0.05) is 11.6 Å². The molecule has 0 amide bonds. The molecule has 0 radical (unpaired) electrons. The number of nitrogens with zero attached hydrogens (tertiary/aromatic N) is 2. The smallest absolute Gasteiger partial charge is 0.262 e. The molecule has 0 unspecified atom stereocenters. The van der Waals surface area contributed by atoms with E-state index in [-0.39, 0.29) is 20.3 Å². The molecule has 1 aromatic heterocycles. The number of hydrogen-bond acceptors (Lipinski definition) is 4. The van der Waals surface area contributed by atoms with Crippen LogP contribution in [0.1, 0.15) is 0 Å². The van der Waals surface area contributed by atoms with E-state index in [4.69, 9.17) is 11.6 Å². The second-order valence-corrected chi connectivity index (χ2v) is 6.30. The molecule has 0 aliphatic carbocycles. The van der Waals surface area contributed by atoms with Gasteiger partial charge in [-0.05, 0) is 34.1 Å². The molecule has 0 spiro atoms. The van der Waals surface area contributed by atoms with Gasteiger partial charge in [-0.3, -0.25) is 4.72 Å². The van der Waals surface area contributed by atoms with Crippen molar-refractivity contribution in [2.24, 2.45) is 0 Å². The Hall–Kier alpha value is -1.25. The van der Waals surface area contributed by atoms with Gasteiger partial charge in [0.05, 0.1) is 12.4 Å². The van der Waals surface area contributed by atoms with Crippen LogP contribution >= 0.6 is 27.5 Å². The number of anilines is 1. The summed E-state index contributed by atoms with van der Waals surface area (Å²) >= 11 is 8.53. The first kappa shape index (κ1) is 14.2. The fourth-order valence-electron chi connectivity index (χ4n) is 1.25. The average molecular weight is 367 g/mol. The summed E-state index contributed by atoms with van der Waals surface area (Å²) in [5.74, 6) is -0.530. The highest BCUT2D eigenvalue weighted by atomic mass is 79.9. The molecule has 0 aliphatic heterocycles. The zero-order valence-electron chi connectivity index (χ0n) is 9.14. The van der Waals surface area contributed by atoms with E-state index in [9.17, 15) is 12.8 Å². The van der Waals surface area contributed by atoms with Crippen molar-refractivity contribution >= 4 is 43.4 Å². The molecule has 0 aliphatic rings. The minimum Gasteiger partial charge on any atom is -0.262 e. The van der Waals surface area contributed by atoms with Crippen LogP contribution in [0.3, 0.4) is 0 Å². The maximum absolute atomic E-state index is 12.9. The molecule has 1 heterocycles. The Labute approximate surface area is 122 Å². The summed E-state index contributed by atoms with van der Waals surface area (Å²) in [6.07, 6.45) is 2.39. The Kier molecular flexibility index (Phi) is 4.02. The molecule has 100 valence electrons. The van der Waals surface area contributed by atoms with Crippen molar-refractivity contribution in [3.63, 3.8) is 0 Å². The van der Waals surface area contributed by atoms with Gasteiger partial charge in [0.2, 0.25) is 0 Å². The van der Waals surface area contributed by atoms with Crippen LogP contribution in [0.25, 0.3) is 0 Å². The zero-order chi connectivity index (χ0) is 14.0. The van der Waals surface area contributed by atoms with Crippen molar-refractivity contribution in [2.45, 2.75) is 4.90 Å². The minimum absolute atomic E-state index is 0.0145. The summed E-state index contributed by atoms with van der Waals surface area (Å²) in [7, 11) is -3.88. The van der Waals surface area contributed by atoms with Gasteiger partial charge in [0, 0.05) is 4.47 Å². The lowest BCUT2D eigenvalue weighted by Gasteiger charge is -2.08. The van der Waals surface area contributed by atoms with E-state index in [1.165, 1.54) is 12.4 Å². The molecule has 5 nitrogen and oxygen atoms in total. The lowest BCUT2D eigenvalue weighted by Crippen LogP contribution is -2.14. The Morgan fingerprint density at radius 2 is 2.00 bits per heavy atom. The quantitative estimate of drug-likeness (QED) is 0.906. The lowest BCUT2D eigenvalue weighted by molar-refractivity contribution is 0.598. The molecule has 19 heavy (non-hydrogen) atoms. The Morgan fingerprint density at radius 3 is 2.58 bits per heavy atom. The maximum atomic E-state index is 12.9. The van der Waals surface area contributed by atoms with Crippen molar-refractivity contribution < 1.29 is 12.8 Å². The first-order valence-electron chi connectivity index (χ1n) is 4.84. The van der Waals surface area contributed by atoms with Crippen LogP contribution in [0.5, 0.6) is 0 Å². The van der Waals surface area contributed by atoms with E-state index in [0.29, 0.717) is 0 Å². The third-order valence-electron chi connectivity index (χ3n) is 2.04. The maximum Gasteiger partial charge on any atom is 0.264 e. The highest BCUT2D eigenvalue weighted by molar-refractivity contribution is 9.10. The van der Waals surface area contributed by atoms with Crippen LogP contribution in [-0.2, 0) is 10.0 Å². The van der Waals surface area contributed by atoms with Gasteiger partial charge in [0.15, 0.2) is 5.82 Å². The molecule has 0 bridgehead atoms. The molecular formula is C10H6BrClFN3O2S. The summed E-state index contributed by atoms with van der Waals surface area (Å²) in [4.78, 5) is 7.35. The SMILES string of the molecule is O=S(=O)(Nc1cnc(Cl)cn1)c1ccc(F)cc1Br. The molecule has 1 N–H and O–H groups in total. The summed E-state index contributed by atoms with van der Waals surface area (Å²) in [6.45, 7) is 0. The molecule has 9 heteroatoms. The Balaban J connectivity index is 2.35. The average Bonchev–Trinajstić information content (AvgIpc) is 2.31. The van der Waals surface area contributed by atoms with Crippen LogP contribution in [0, 0.1) is 5.82 Å². The Morgan fingerprint density at radius 1 is 1.26 bits per heavy atom. The van der Waals surface area contributed by atoms with Gasteiger partial charge in [-0.2, -0.15) is 0 Å². The number of sulfonamides is 1. The molecule has 2 aromatic rings. The molecule has 2 rings (SSSR count). The van der Waals surface area contributed by atoms with Crippen molar-refractivity contribution in [3.8, 4) is 0 Å². The van der Waals surface area contributed by atoms with E-state index >= 15 is 0 Å².